The van der Waals surface area contributed by atoms with Gasteiger partial charge in [0.15, 0.2) is 5.96 Å². The summed E-state index contributed by atoms with van der Waals surface area (Å²) in [6.45, 7) is 11.1. The highest BCUT2D eigenvalue weighted by molar-refractivity contribution is 14.0. The lowest BCUT2D eigenvalue weighted by atomic mass is 9.97. The van der Waals surface area contributed by atoms with Crippen LogP contribution in [0.3, 0.4) is 0 Å². The van der Waals surface area contributed by atoms with Gasteiger partial charge in [-0.25, -0.2) is 0 Å². The normalized spacial score (nSPS) is 21.0. The predicted molar refractivity (Wildman–Crippen MR) is 125 cm³/mol. The van der Waals surface area contributed by atoms with Gasteiger partial charge >= 0.3 is 0 Å². The van der Waals surface area contributed by atoms with Crippen molar-refractivity contribution in [2.75, 3.05) is 33.4 Å². The number of nitrogens with zero attached hydrogens (tertiary/aromatic N) is 2. The van der Waals surface area contributed by atoms with Gasteiger partial charge in [-0.3, -0.25) is 9.89 Å². The summed E-state index contributed by atoms with van der Waals surface area (Å²) in [5.74, 6) is 1.46. The maximum absolute atomic E-state index is 5.62. The number of guanidine groups is 1. The number of hydrogen-bond donors (Lipinski definition) is 2. The molecule has 2 rings (SSSR count). The van der Waals surface area contributed by atoms with E-state index in [0.717, 1.165) is 45.0 Å². The molecule has 0 aliphatic carbocycles. The first-order valence-corrected chi connectivity index (χ1v) is 9.91. The van der Waals surface area contributed by atoms with Gasteiger partial charge in [-0.05, 0) is 31.2 Å². The van der Waals surface area contributed by atoms with Gasteiger partial charge in [-0.15, -0.1) is 24.0 Å². The summed E-state index contributed by atoms with van der Waals surface area (Å²) in [5.41, 5.74) is 1.39. The fraction of sp³-hybridized carbons (Fsp3) is 0.667. The van der Waals surface area contributed by atoms with Crippen LogP contribution in [0.4, 0.5) is 0 Å². The second kappa shape index (κ2) is 13.3. The number of aliphatic imine (C=N–C) groups is 1. The number of nitrogens with one attached hydrogen (secondary N) is 2. The van der Waals surface area contributed by atoms with Gasteiger partial charge in [-0.1, -0.05) is 44.2 Å². The van der Waals surface area contributed by atoms with Crippen molar-refractivity contribution in [3.05, 3.63) is 35.9 Å². The minimum absolute atomic E-state index is 0. The van der Waals surface area contributed by atoms with E-state index >= 15 is 0 Å². The van der Waals surface area contributed by atoms with Crippen molar-refractivity contribution >= 4 is 29.9 Å². The standard InChI is InChI=1S/C21H36N4O.HI/c1-17(2)16-26-13-11-23-21(22-4)24-20-10-12-25(18(3)14-20)15-19-8-6-5-7-9-19;/h5-9,17-18,20H,10-16H2,1-4H3,(H2,22,23,24);1H. The summed E-state index contributed by atoms with van der Waals surface area (Å²) < 4.78 is 5.62. The second-order valence-electron chi connectivity index (χ2n) is 7.64. The lowest BCUT2D eigenvalue weighted by Crippen LogP contribution is -2.51. The molecule has 6 heteroatoms. The summed E-state index contributed by atoms with van der Waals surface area (Å²) in [6, 6.07) is 11.8. The number of ether oxygens (including phenoxy) is 1. The Kier molecular flexibility index (Phi) is 11.9. The molecule has 1 saturated heterocycles. The van der Waals surface area contributed by atoms with E-state index in [9.17, 15) is 0 Å². The van der Waals surface area contributed by atoms with Crippen LogP contribution in [0.1, 0.15) is 39.2 Å². The molecule has 2 unspecified atom stereocenters. The summed E-state index contributed by atoms with van der Waals surface area (Å²) >= 11 is 0. The fourth-order valence-corrected chi connectivity index (χ4v) is 3.35. The zero-order valence-electron chi connectivity index (χ0n) is 17.3. The zero-order chi connectivity index (χ0) is 18.8. The molecule has 1 aromatic carbocycles. The Morgan fingerprint density at radius 1 is 1.30 bits per heavy atom. The third-order valence-electron chi connectivity index (χ3n) is 4.80. The molecule has 1 fully saturated rings. The van der Waals surface area contributed by atoms with Crippen molar-refractivity contribution in [2.24, 2.45) is 10.9 Å². The molecule has 1 aliphatic rings. The Balaban J connectivity index is 0.00000364. The van der Waals surface area contributed by atoms with E-state index in [1.807, 2.05) is 7.05 Å². The summed E-state index contributed by atoms with van der Waals surface area (Å²) in [4.78, 5) is 6.92. The molecule has 1 heterocycles. The molecule has 0 spiro atoms. The van der Waals surface area contributed by atoms with Crippen LogP contribution in [0.25, 0.3) is 0 Å². The average molecular weight is 488 g/mol. The molecule has 154 valence electrons. The topological polar surface area (TPSA) is 48.9 Å². The minimum atomic E-state index is 0. The van der Waals surface area contributed by atoms with Crippen LogP contribution in [0, 0.1) is 5.92 Å². The van der Waals surface area contributed by atoms with Crippen molar-refractivity contribution in [1.29, 1.82) is 0 Å². The average Bonchev–Trinajstić information content (AvgIpc) is 2.63. The van der Waals surface area contributed by atoms with E-state index in [4.69, 9.17) is 4.74 Å². The summed E-state index contributed by atoms with van der Waals surface area (Å²) in [7, 11) is 1.83. The Bertz CT molecular complexity index is 538. The Morgan fingerprint density at radius 3 is 2.67 bits per heavy atom. The third kappa shape index (κ3) is 9.25. The third-order valence-corrected chi connectivity index (χ3v) is 4.80. The molecule has 0 aromatic heterocycles. The Labute approximate surface area is 182 Å². The highest BCUT2D eigenvalue weighted by atomic mass is 127. The Morgan fingerprint density at radius 2 is 2.04 bits per heavy atom. The van der Waals surface area contributed by atoms with Crippen molar-refractivity contribution in [3.63, 3.8) is 0 Å². The fourth-order valence-electron chi connectivity index (χ4n) is 3.35. The number of hydrogen-bond acceptors (Lipinski definition) is 3. The molecule has 1 aliphatic heterocycles. The predicted octanol–water partition coefficient (Wildman–Crippen LogP) is 3.50. The van der Waals surface area contributed by atoms with E-state index in [0.29, 0.717) is 24.6 Å². The van der Waals surface area contributed by atoms with E-state index in [1.165, 1.54) is 5.56 Å². The molecule has 0 bridgehead atoms. The molecular formula is C21H37IN4O. The summed E-state index contributed by atoms with van der Waals surface area (Å²) in [6.07, 6.45) is 2.28. The van der Waals surface area contributed by atoms with Gasteiger partial charge < -0.3 is 15.4 Å². The summed E-state index contributed by atoms with van der Waals surface area (Å²) in [5, 5.41) is 6.93. The number of benzene rings is 1. The first kappa shape index (κ1) is 24.2. The van der Waals surface area contributed by atoms with E-state index in [-0.39, 0.29) is 24.0 Å². The number of likely N-dealkylation sites (tertiary alicyclic amines) is 1. The Hall–Kier alpha value is -0.860. The number of halogens is 1. The highest BCUT2D eigenvalue weighted by Crippen LogP contribution is 2.19. The number of rotatable bonds is 8. The van der Waals surface area contributed by atoms with Gasteiger partial charge in [-0.2, -0.15) is 0 Å². The van der Waals surface area contributed by atoms with Gasteiger partial charge in [0, 0.05) is 45.4 Å². The van der Waals surface area contributed by atoms with Gasteiger partial charge in [0.1, 0.15) is 0 Å². The number of piperidine rings is 1. The smallest absolute Gasteiger partial charge is 0.191 e. The lowest BCUT2D eigenvalue weighted by Gasteiger charge is -2.38. The molecule has 2 N–H and O–H groups in total. The lowest BCUT2D eigenvalue weighted by molar-refractivity contribution is 0.114. The molecule has 5 nitrogen and oxygen atoms in total. The van der Waals surface area contributed by atoms with E-state index in [1.54, 1.807) is 0 Å². The zero-order valence-corrected chi connectivity index (χ0v) is 19.6. The van der Waals surface area contributed by atoms with Crippen molar-refractivity contribution in [2.45, 2.75) is 52.2 Å². The van der Waals surface area contributed by atoms with Crippen LogP contribution in [0.15, 0.2) is 35.3 Å². The SMILES string of the molecule is CN=C(NCCOCC(C)C)NC1CCN(Cc2ccccc2)C(C)C1.I. The first-order chi connectivity index (χ1) is 12.6. The van der Waals surface area contributed by atoms with Crippen LogP contribution in [-0.2, 0) is 11.3 Å². The first-order valence-electron chi connectivity index (χ1n) is 9.91. The minimum Gasteiger partial charge on any atom is -0.379 e. The van der Waals surface area contributed by atoms with E-state index in [2.05, 4.69) is 71.6 Å². The molecule has 0 amide bonds. The van der Waals surface area contributed by atoms with Crippen LogP contribution in [-0.4, -0.2) is 56.3 Å². The molecule has 27 heavy (non-hydrogen) atoms. The van der Waals surface area contributed by atoms with Crippen LogP contribution >= 0.6 is 24.0 Å². The maximum atomic E-state index is 5.62. The highest BCUT2D eigenvalue weighted by Gasteiger charge is 2.25. The van der Waals surface area contributed by atoms with Gasteiger partial charge in [0.05, 0.1) is 6.61 Å². The largest absolute Gasteiger partial charge is 0.379 e. The monoisotopic (exact) mass is 488 g/mol. The quantitative estimate of drug-likeness (QED) is 0.255. The van der Waals surface area contributed by atoms with Crippen LogP contribution < -0.4 is 10.6 Å². The molecule has 1 aromatic rings. The van der Waals surface area contributed by atoms with Gasteiger partial charge in [0.25, 0.3) is 0 Å². The molecular weight excluding hydrogens is 451 g/mol. The van der Waals surface area contributed by atoms with Gasteiger partial charge in [0.2, 0.25) is 0 Å². The maximum Gasteiger partial charge on any atom is 0.191 e. The molecule has 2 atom stereocenters. The molecule has 0 saturated carbocycles. The van der Waals surface area contributed by atoms with E-state index < -0.39 is 0 Å². The second-order valence-corrected chi connectivity index (χ2v) is 7.64. The van der Waals surface area contributed by atoms with Crippen molar-refractivity contribution in [3.8, 4) is 0 Å². The van der Waals surface area contributed by atoms with Crippen molar-refractivity contribution in [1.82, 2.24) is 15.5 Å². The van der Waals surface area contributed by atoms with Crippen LogP contribution in [0.5, 0.6) is 0 Å². The van der Waals surface area contributed by atoms with Crippen LogP contribution in [0.2, 0.25) is 0 Å². The van der Waals surface area contributed by atoms with Crippen molar-refractivity contribution < 1.29 is 4.74 Å². The molecule has 0 radical (unpaired) electrons.